The molecule has 0 atom stereocenters. The molecule has 1 aliphatic heterocycles. The zero-order chi connectivity index (χ0) is 14.5. The molecule has 0 saturated carbocycles. The zero-order valence-corrected chi connectivity index (χ0v) is 12.1. The fourth-order valence-corrected chi connectivity index (χ4v) is 2.59. The first-order valence-corrected chi connectivity index (χ1v) is 7.17. The molecule has 1 saturated heterocycles. The Balaban J connectivity index is 1.87. The van der Waals surface area contributed by atoms with Crippen molar-refractivity contribution < 1.29 is 4.92 Å². The SMILES string of the molecule is CCN1CCC(CNc2ncc([N+](=O)[O-])cc2C)CC1. The van der Waals surface area contributed by atoms with Gasteiger partial charge in [-0.25, -0.2) is 4.98 Å². The predicted molar refractivity (Wildman–Crippen MR) is 79.0 cm³/mol. The number of hydrogen-bond acceptors (Lipinski definition) is 5. The van der Waals surface area contributed by atoms with Crippen LogP contribution in [0.4, 0.5) is 11.5 Å². The summed E-state index contributed by atoms with van der Waals surface area (Å²) < 4.78 is 0. The van der Waals surface area contributed by atoms with Crippen LogP contribution in [0.15, 0.2) is 12.3 Å². The van der Waals surface area contributed by atoms with Gasteiger partial charge in [0.2, 0.25) is 0 Å². The van der Waals surface area contributed by atoms with Crippen molar-refractivity contribution in [1.82, 2.24) is 9.88 Å². The van der Waals surface area contributed by atoms with Crippen molar-refractivity contribution in [2.75, 3.05) is 31.5 Å². The highest BCUT2D eigenvalue weighted by atomic mass is 16.6. The van der Waals surface area contributed by atoms with Crippen molar-refractivity contribution in [1.29, 1.82) is 0 Å². The van der Waals surface area contributed by atoms with E-state index in [0.29, 0.717) is 5.92 Å². The molecule has 0 spiro atoms. The van der Waals surface area contributed by atoms with Crippen molar-refractivity contribution >= 4 is 11.5 Å². The van der Waals surface area contributed by atoms with Crippen LogP contribution in [0.2, 0.25) is 0 Å². The topological polar surface area (TPSA) is 71.3 Å². The molecule has 0 unspecified atom stereocenters. The van der Waals surface area contributed by atoms with Crippen molar-refractivity contribution in [3.63, 3.8) is 0 Å². The highest BCUT2D eigenvalue weighted by Crippen LogP contribution is 2.21. The molecule has 0 aromatic carbocycles. The van der Waals surface area contributed by atoms with E-state index in [1.54, 1.807) is 6.07 Å². The minimum absolute atomic E-state index is 0.0457. The fraction of sp³-hybridized carbons (Fsp3) is 0.643. The van der Waals surface area contributed by atoms with Gasteiger partial charge in [-0.1, -0.05) is 6.92 Å². The van der Waals surface area contributed by atoms with Gasteiger partial charge >= 0.3 is 0 Å². The molecule has 0 amide bonds. The average molecular weight is 278 g/mol. The van der Waals surface area contributed by atoms with Crippen molar-refractivity contribution in [2.24, 2.45) is 5.92 Å². The molecule has 20 heavy (non-hydrogen) atoms. The molecule has 1 aliphatic rings. The van der Waals surface area contributed by atoms with Gasteiger partial charge in [-0.3, -0.25) is 10.1 Å². The number of aryl methyl sites for hydroxylation is 1. The number of hydrogen-bond donors (Lipinski definition) is 1. The molecule has 110 valence electrons. The molecule has 6 nitrogen and oxygen atoms in total. The molecule has 6 heteroatoms. The summed E-state index contributed by atoms with van der Waals surface area (Å²) in [4.78, 5) is 16.9. The molecule has 0 radical (unpaired) electrons. The Morgan fingerprint density at radius 2 is 2.20 bits per heavy atom. The maximum atomic E-state index is 10.7. The smallest absolute Gasteiger partial charge is 0.287 e. The zero-order valence-electron chi connectivity index (χ0n) is 12.1. The molecule has 0 bridgehead atoms. The second-order valence-electron chi connectivity index (χ2n) is 5.37. The van der Waals surface area contributed by atoms with E-state index in [-0.39, 0.29) is 5.69 Å². The summed E-state index contributed by atoms with van der Waals surface area (Å²) >= 11 is 0. The number of anilines is 1. The van der Waals surface area contributed by atoms with Gasteiger partial charge in [0.15, 0.2) is 0 Å². The summed E-state index contributed by atoms with van der Waals surface area (Å²) in [6.45, 7) is 8.39. The Morgan fingerprint density at radius 3 is 2.75 bits per heavy atom. The van der Waals surface area contributed by atoms with E-state index < -0.39 is 4.92 Å². The predicted octanol–water partition coefficient (Wildman–Crippen LogP) is 2.44. The van der Waals surface area contributed by atoms with Crippen LogP contribution in [0.25, 0.3) is 0 Å². The number of rotatable bonds is 5. The first kappa shape index (κ1) is 14.7. The third-order valence-corrected chi connectivity index (χ3v) is 3.99. The van der Waals surface area contributed by atoms with Crippen LogP contribution in [0, 0.1) is 23.0 Å². The van der Waals surface area contributed by atoms with E-state index in [2.05, 4.69) is 22.1 Å². The van der Waals surface area contributed by atoms with Crippen molar-refractivity contribution in [2.45, 2.75) is 26.7 Å². The van der Waals surface area contributed by atoms with Crippen LogP contribution in [0.5, 0.6) is 0 Å². The van der Waals surface area contributed by atoms with Crippen LogP contribution in [-0.4, -0.2) is 41.0 Å². The van der Waals surface area contributed by atoms with Gasteiger partial charge in [0.05, 0.1) is 4.92 Å². The lowest BCUT2D eigenvalue weighted by molar-refractivity contribution is -0.385. The van der Waals surface area contributed by atoms with Gasteiger partial charge in [0, 0.05) is 12.6 Å². The molecule has 1 N–H and O–H groups in total. The maximum absolute atomic E-state index is 10.7. The van der Waals surface area contributed by atoms with E-state index in [1.807, 2.05) is 6.92 Å². The van der Waals surface area contributed by atoms with E-state index in [1.165, 1.54) is 19.0 Å². The Morgan fingerprint density at radius 1 is 1.50 bits per heavy atom. The minimum Gasteiger partial charge on any atom is -0.370 e. The number of nitro groups is 1. The number of nitrogens with one attached hydrogen (secondary N) is 1. The number of likely N-dealkylation sites (tertiary alicyclic amines) is 1. The molecule has 1 aromatic rings. The van der Waals surface area contributed by atoms with Gasteiger partial charge in [-0.2, -0.15) is 0 Å². The van der Waals surface area contributed by atoms with Gasteiger partial charge in [-0.05, 0) is 50.9 Å². The first-order valence-electron chi connectivity index (χ1n) is 7.17. The lowest BCUT2D eigenvalue weighted by Crippen LogP contribution is -2.35. The molecule has 1 aromatic heterocycles. The average Bonchev–Trinajstić information content (AvgIpc) is 2.46. The number of nitrogens with zero attached hydrogens (tertiary/aromatic N) is 3. The summed E-state index contributed by atoms with van der Waals surface area (Å²) in [6.07, 6.45) is 3.72. The standard InChI is InChI=1S/C14H22N4O2/c1-3-17-6-4-12(5-7-17)9-15-14-11(2)8-13(10-16-14)18(19)20/h8,10,12H,3-7,9H2,1-2H3,(H,15,16). The number of piperidine rings is 1. The highest BCUT2D eigenvalue weighted by molar-refractivity contribution is 5.48. The quantitative estimate of drug-likeness (QED) is 0.661. The Hall–Kier alpha value is -1.69. The third-order valence-electron chi connectivity index (χ3n) is 3.99. The number of pyridine rings is 1. The molecule has 2 rings (SSSR count). The van der Waals surface area contributed by atoms with Gasteiger partial charge < -0.3 is 10.2 Å². The Kier molecular flexibility index (Phi) is 4.89. The lowest BCUT2D eigenvalue weighted by Gasteiger charge is -2.31. The monoisotopic (exact) mass is 278 g/mol. The second kappa shape index (κ2) is 6.65. The summed E-state index contributed by atoms with van der Waals surface area (Å²) in [5, 5.41) is 14.0. The maximum Gasteiger partial charge on any atom is 0.287 e. The summed E-state index contributed by atoms with van der Waals surface area (Å²) in [6, 6.07) is 1.56. The largest absolute Gasteiger partial charge is 0.370 e. The van der Waals surface area contributed by atoms with Crippen LogP contribution < -0.4 is 5.32 Å². The highest BCUT2D eigenvalue weighted by Gasteiger charge is 2.18. The van der Waals surface area contributed by atoms with E-state index in [9.17, 15) is 10.1 Å². The fourth-order valence-electron chi connectivity index (χ4n) is 2.59. The van der Waals surface area contributed by atoms with Gasteiger partial charge in [0.25, 0.3) is 5.69 Å². The Bertz CT molecular complexity index is 470. The van der Waals surface area contributed by atoms with E-state index in [0.717, 1.165) is 37.6 Å². The summed E-state index contributed by atoms with van der Waals surface area (Å²) in [5.74, 6) is 1.42. The second-order valence-corrected chi connectivity index (χ2v) is 5.37. The summed E-state index contributed by atoms with van der Waals surface area (Å²) in [7, 11) is 0. The Labute approximate surface area is 119 Å². The van der Waals surface area contributed by atoms with Gasteiger partial charge in [-0.15, -0.1) is 0 Å². The van der Waals surface area contributed by atoms with Crippen molar-refractivity contribution in [3.05, 3.63) is 27.9 Å². The summed E-state index contributed by atoms with van der Waals surface area (Å²) in [5.41, 5.74) is 0.870. The molecule has 2 heterocycles. The molecule has 1 fully saturated rings. The van der Waals surface area contributed by atoms with Crippen LogP contribution >= 0.6 is 0 Å². The minimum atomic E-state index is -0.412. The van der Waals surface area contributed by atoms with Crippen LogP contribution in [-0.2, 0) is 0 Å². The molecular formula is C14H22N4O2. The van der Waals surface area contributed by atoms with E-state index in [4.69, 9.17) is 0 Å². The van der Waals surface area contributed by atoms with Crippen LogP contribution in [0.1, 0.15) is 25.3 Å². The van der Waals surface area contributed by atoms with Crippen molar-refractivity contribution in [3.8, 4) is 0 Å². The van der Waals surface area contributed by atoms with Gasteiger partial charge in [0.1, 0.15) is 12.0 Å². The normalized spacial score (nSPS) is 17.1. The van der Waals surface area contributed by atoms with E-state index >= 15 is 0 Å². The first-order chi connectivity index (χ1) is 9.60. The lowest BCUT2D eigenvalue weighted by atomic mass is 9.97. The van der Waals surface area contributed by atoms with Crippen LogP contribution in [0.3, 0.4) is 0 Å². The molecule has 0 aliphatic carbocycles. The third kappa shape index (κ3) is 3.66. The molecular weight excluding hydrogens is 256 g/mol. The number of aromatic nitrogens is 1.